The van der Waals surface area contributed by atoms with E-state index in [1.807, 2.05) is 101 Å². The lowest BCUT2D eigenvalue weighted by molar-refractivity contribution is -0.0233. The molecule has 9 aromatic heterocycles. The van der Waals surface area contributed by atoms with Gasteiger partial charge in [0, 0.05) is 97.1 Å². The molecule has 22 nitrogen and oxygen atoms in total. The first-order chi connectivity index (χ1) is 40.3. The van der Waals surface area contributed by atoms with Gasteiger partial charge in [0.15, 0.2) is 22.8 Å². The van der Waals surface area contributed by atoms with Crippen LogP contribution in [0.5, 0.6) is 0 Å². The third-order valence-corrected chi connectivity index (χ3v) is 16.8. The number of halogens is 1. The molecular weight excluding hydrogens is 1070 g/mol. The minimum atomic E-state index is -0.832. The van der Waals surface area contributed by atoms with Gasteiger partial charge in [-0.05, 0) is 122 Å². The maximum absolute atomic E-state index is 14.4. The number of aliphatic hydroxyl groups excluding tert-OH is 2. The third kappa shape index (κ3) is 12.3. The number of H-pyrrole nitrogens is 3. The molecule has 0 saturated carbocycles. The van der Waals surface area contributed by atoms with E-state index in [0.29, 0.717) is 71.9 Å². The topological polar surface area (TPSA) is 302 Å². The zero-order chi connectivity index (χ0) is 59.5. The molecule has 3 saturated heterocycles. The molecule has 0 spiro atoms. The molecule has 454 valence electrons. The van der Waals surface area contributed by atoms with Gasteiger partial charge < -0.3 is 45.8 Å². The second-order valence-corrected chi connectivity index (χ2v) is 23.7. The number of piperazine rings is 2. The summed E-state index contributed by atoms with van der Waals surface area (Å²) >= 11 is 0. The highest BCUT2D eigenvalue weighted by Crippen LogP contribution is 2.40. The van der Waals surface area contributed by atoms with Gasteiger partial charge in [-0.15, -0.1) is 0 Å². The van der Waals surface area contributed by atoms with Gasteiger partial charge in [-0.25, -0.2) is 34.3 Å². The van der Waals surface area contributed by atoms with E-state index in [9.17, 15) is 30.1 Å². The zero-order valence-corrected chi connectivity index (χ0v) is 48.8. The predicted octanol–water partition coefficient (Wildman–Crippen LogP) is 8.65. The number of aromatic amines is 3. The van der Waals surface area contributed by atoms with Crippen molar-refractivity contribution in [1.82, 2.24) is 71.1 Å². The lowest BCUT2D eigenvalue weighted by Crippen LogP contribution is -2.62. The number of pyridine rings is 6. The summed E-state index contributed by atoms with van der Waals surface area (Å²) in [6.45, 7) is 21.5. The van der Waals surface area contributed by atoms with Crippen LogP contribution in [0.25, 0.3) is 67.3 Å². The molecule has 12 heterocycles. The first-order valence-corrected chi connectivity index (χ1v) is 28.7. The van der Waals surface area contributed by atoms with Crippen molar-refractivity contribution in [1.29, 1.82) is 5.26 Å². The smallest absolute Gasteiger partial charge is 0.181 e. The van der Waals surface area contributed by atoms with Crippen molar-refractivity contribution in [2.75, 3.05) is 67.1 Å². The van der Waals surface area contributed by atoms with Crippen molar-refractivity contribution in [3.05, 3.63) is 108 Å². The molecule has 0 aliphatic carbocycles. The Hall–Kier alpha value is -8.11. The van der Waals surface area contributed by atoms with Crippen molar-refractivity contribution in [2.45, 2.75) is 98.3 Å². The van der Waals surface area contributed by atoms with Gasteiger partial charge in [-0.3, -0.25) is 15.3 Å². The molecule has 84 heavy (non-hydrogen) atoms. The van der Waals surface area contributed by atoms with Crippen LogP contribution in [-0.4, -0.2) is 157 Å². The maximum Gasteiger partial charge on any atom is 0.181 e. The van der Waals surface area contributed by atoms with Crippen LogP contribution in [0, 0.1) is 40.3 Å². The number of hydrogen-bond acceptors (Lipinski definition) is 19. The fourth-order valence-corrected chi connectivity index (χ4v) is 11.2. The van der Waals surface area contributed by atoms with Crippen molar-refractivity contribution in [2.24, 2.45) is 23.2 Å². The number of fused-ring (bicyclic) bond motifs is 3. The van der Waals surface area contributed by atoms with Gasteiger partial charge in [-0.1, -0.05) is 41.5 Å². The summed E-state index contributed by atoms with van der Waals surface area (Å²) in [5.41, 5.74) is 5.08. The summed E-state index contributed by atoms with van der Waals surface area (Å²) in [5, 5.41) is 82.0. The van der Waals surface area contributed by atoms with Crippen LogP contribution < -0.4 is 25.3 Å². The maximum atomic E-state index is 14.4. The largest absolute Gasteiger partial charge is 0.392 e. The Morgan fingerprint density at radius 1 is 0.631 bits per heavy atom. The summed E-state index contributed by atoms with van der Waals surface area (Å²) in [5.74, 6) is 2.51. The van der Waals surface area contributed by atoms with E-state index in [-0.39, 0.29) is 58.2 Å². The fraction of sp³-hybridized carbons (Fsp3) is 0.443. The van der Waals surface area contributed by atoms with Crippen LogP contribution >= 0.6 is 0 Å². The third-order valence-electron chi connectivity index (χ3n) is 16.8. The lowest BCUT2D eigenvalue weighted by Gasteiger charge is -2.47. The highest BCUT2D eigenvalue weighted by molar-refractivity contribution is 5.91. The van der Waals surface area contributed by atoms with Crippen LogP contribution in [-0.2, 0) is 13.2 Å². The first kappa shape index (κ1) is 59.1. The Morgan fingerprint density at radius 2 is 1.07 bits per heavy atom. The molecule has 3 aliphatic heterocycles. The number of hydrogen-bond donors (Lipinski definition) is 9. The van der Waals surface area contributed by atoms with E-state index >= 15 is 0 Å². The summed E-state index contributed by atoms with van der Waals surface area (Å²) in [6.07, 6.45) is 5.91. The molecule has 3 fully saturated rings. The molecule has 0 aromatic carbocycles. The Balaban J connectivity index is 0.000000344. The van der Waals surface area contributed by atoms with Gasteiger partial charge in [0.2, 0.25) is 0 Å². The molecule has 0 bridgehead atoms. The lowest BCUT2D eigenvalue weighted by atomic mass is 9.75. The van der Waals surface area contributed by atoms with E-state index in [4.69, 9.17) is 9.97 Å². The molecule has 0 amide bonds. The van der Waals surface area contributed by atoms with Crippen LogP contribution in [0.1, 0.15) is 82.9 Å². The highest BCUT2D eigenvalue weighted by atomic mass is 19.1. The molecule has 12 rings (SSSR count). The number of nitrogens with one attached hydrogen (secondary N) is 5. The summed E-state index contributed by atoms with van der Waals surface area (Å²) in [7, 11) is 0. The minimum Gasteiger partial charge on any atom is -0.392 e. The van der Waals surface area contributed by atoms with Crippen molar-refractivity contribution >= 4 is 50.6 Å². The second kappa shape index (κ2) is 24.6. The molecule has 4 atom stereocenters. The minimum absolute atomic E-state index is 0. The zero-order valence-electron chi connectivity index (χ0n) is 48.8. The summed E-state index contributed by atoms with van der Waals surface area (Å²) in [4.78, 5) is 33.3. The SMILES string of the molecule is CC(C)C(C)(O)C1CN(c2cc(CO)cc(-c3[nH]nc4ncccc34)n2)CCN1.CC(C)C(C)(O)C1CN(c2cc(CO)cc(-c3[nH]nc4ncccc34)n2)CCN1.CC(C)CC1(C#N)CN(c2ccc(F)c(-c3[nH]nc4ncccc34)n2)C1.[HH].[HH].[HH].[HH].[HH].[HH].[HH]. The van der Waals surface area contributed by atoms with Crippen LogP contribution in [0.4, 0.5) is 21.8 Å². The molecular formula is C61H89FN18O4. The summed E-state index contributed by atoms with van der Waals surface area (Å²) in [6, 6.07) is 24.2. The number of aromatic nitrogens is 12. The van der Waals surface area contributed by atoms with Gasteiger partial charge in [-0.2, -0.15) is 20.6 Å². The number of nitrogens with zero attached hydrogens (tertiary/aromatic N) is 13. The Morgan fingerprint density at radius 3 is 1.49 bits per heavy atom. The normalized spacial score (nSPS) is 18.5. The molecule has 4 unspecified atom stereocenters. The van der Waals surface area contributed by atoms with Gasteiger partial charge in [0.25, 0.3) is 0 Å². The number of rotatable bonds is 14. The van der Waals surface area contributed by atoms with Crippen molar-refractivity contribution in [3.63, 3.8) is 0 Å². The van der Waals surface area contributed by atoms with Gasteiger partial charge in [0.05, 0.1) is 76.5 Å². The van der Waals surface area contributed by atoms with E-state index in [0.717, 1.165) is 82.9 Å². The second-order valence-electron chi connectivity index (χ2n) is 23.7. The molecule has 9 aromatic rings. The average Bonchev–Trinajstić information content (AvgIpc) is 1.54. The quantitative estimate of drug-likeness (QED) is 0.0492. The molecule has 23 heteroatoms. The summed E-state index contributed by atoms with van der Waals surface area (Å²) < 4.78 is 14.4. The number of aliphatic hydroxyl groups is 4. The number of anilines is 3. The van der Waals surface area contributed by atoms with Crippen LogP contribution in [0.3, 0.4) is 0 Å². The first-order valence-electron chi connectivity index (χ1n) is 28.7. The Bertz CT molecular complexity index is 3650. The van der Waals surface area contributed by atoms with Crippen molar-refractivity contribution < 1.29 is 34.8 Å². The monoisotopic (exact) mass is 1160 g/mol. The van der Waals surface area contributed by atoms with Crippen LogP contribution in [0.15, 0.2) is 91.4 Å². The van der Waals surface area contributed by atoms with Gasteiger partial charge in [0.1, 0.15) is 23.1 Å². The van der Waals surface area contributed by atoms with E-state index in [1.165, 1.54) is 6.07 Å². The highest BCUT2D eigenvalue weighted by Gasteiger charge is 2.45. The van der Waals surface area contributed by atoms with E-state index in [1.54, 1.807) is 30.7 Å². The average molecular weight is 1160 g/mol. The standard InChI is InChI=1S/2C21H28N6O2.C19H19FN6.7H2/c2*1-13(2)21(3,29)17-11-27(8-7-22-17)18-10-14(12-28)9-16(24-18)19-15-5-4-6-23-20(15)26-25-19;1-12(2)8-19(9-21)10-26(11-19)15-6-5-14(20)17(23-15)16-13-4-3-7-22-18(13)25-24-16;;;;;;;/h2*4-6,9-10,13,17,22,28-29H,7-8,11-12H2,1-3H3,(H,23,25,26);3-7,12H,8,10-11H2,1-2H3,(H,22,24,25);7*1H. The van der Waals surface area contributed by atoms with Crippen LogP contribution in [0.2, 0.25) is 0 Å². The molecule has 3 aliphatic rings. The van der Waals surface area contributed by atoms with E-state index < -0.39 is 17.0 Å². The molecule has 0 radical (unpaired) electrons. The van der Waals surface area contributed by atoms with E-state index in [2.05, 4.69) is 90.9 Å². The fourth-order valence-electron chi connectivity index (χ4n) is 11.2. The Labute approximate surface area is 497 Å². The Kier molecular flexibility index (Phi) is 17.3. The number of nitriles is 1. The van der Waals surface area contributed by atoms with Gasteiger partial charge >= 0.3 is 0 Å². The molecule has 9 N–H and O–H groups in total. The predicted molar refractivity (Wildman–Crippen MR) is 337 cm³/mol. The van der Waals surface area contributed by atoms with Crippen molar-refractivity contribution in [3.8, 4) is 40.2 Å².